The molecule has 0 aliphatic carbocycles. The summed E-state index contributed by atoms with van der Waals surface area (Å²) in [5.74, 6) is 2.85. The zero-order valence-corrected chi connectivity index (χ0v) is 15.2. The third-order valence-electron chi connectivity index (χ3n) is 4.31. The maximum absolute atomic E-state index is 12.7. The molecule has 0 aliphatic rings. The van der Waals surface area contributed by atoms with Gasteiger partial charge in [0.05, 0.1) is 19.8 Å². The monoisotopic (exact) mass is 331 g/mol. The zero-order chi connectivity index (χ0) is 17.9. The molecule has 1 amide bonds. The van der Waals surface area contributed by atoms with E-state index in [0.29, 0.717) is 29.4 Å². The fraction of sp³-hybridized carbons (Fsp3) is 0.421. The summed E-state index contributed by atoms with van der Waals surface area (Å²) in [4.78, 5) is 14.4. The molecule has 2 rings (SSSR count). The second-order valence-corrected chi connectivity index (χ2v) is 5.88. The Bertz CT molecular complexity index is 733. The lowest BCUT2D eigenvalue weighted by molar-refractivity contribution is 0.0794. The minimum absolute atomic E-state index is 0.0117. The number of benzene rings is 1. The Hall–Kier alpha value is -2.43. The van der Waals surface area contributed by atoms with Gasteiger partial charge in [-0.1, -0.05) is 6.07 Å². The van der Waals surface area contributed by atoms with Crippen LogP contribution in [0.5, 0.6) is 11.5 Å². The molecule has 24 heavy (non-hydrogen) atoms. The predicted molar refractivity (Wildman–Crippen MR) is 93.1 cm³/mol. The van der Waals surface area contributed by atoms with Crippen LogP contribution in [-0.2, 0) is 6.42 Å². The van der Waals surface area contributed by atoms with Gasteiger partial charge in [0, 0.05) is 19.2 Å². The van der Waals surface area contributed by atoms with E-state index in [1.165, 1.54) is 0 Å². The SMILES string of the molecule is COc1ccc(CCN(C)C(=O)c2c(C)oc(C)c2C)cc1OC. The molecule has 2 aromatic rings. The Morgan fingerprint density at radius 3 is 2.29 bits per heavy atom. The van der Waals surface area contributed by atoms with Crippen LogP contribution in [-0.4, -0.2) is 38.6 Å². The molecule has 0 N–H and O–H groups in total. The molecule has 0 spiro atoms. The fourth-order valence-corrected chi connectivity index (χ4v) is 2.73. The van der Waals surface area contributed by atoms with Gasteiger partial charge in [-0.25, -0.2) is 0 Å². The van der Waals surface area contributed by atoms with Crippen LogP contribution in [0.25, 0.3) is 0 Å². The number of hydrogen-bond acceptors (Lipinski definition) is 4. The van der Waals surface area contributed by atoms with Crippen LogP contribution in [0.2, 0.25) is 0 Å². The summed E-state index contributed by atoms with van der Waals surface area (Å²) < 4.78 is 16.1. The van der Waals surface area contributed by atoms with E-state index in [2.05, 4.69) is 0 Å². The Morgan fingerprint density at radius 1 is 1.08 bits per heavy atom. The van der Waals surface area contributed by atoms with Gasteiger partial charge in [-0.3, -0.25) is 4.79 Å². The summed E-state index contributed by atoms with van der Waals surface area (Å²) in [5.41, 5.74) is 2.67. The van der Waals surface area contributed by atoms with Crippen LogP contribution in [0, 0.1) is 20.8 Å². The molecule has 0 aliphatic heterocycles. The maximum atomic E-state index is 12.7. The average Bonchev–Trinajstić information content (AvgIpc) is 2.83. The predicted octanol–water partition coefficient (Wildman–Crippen LogP) is 3.54. The molecule has 1 heterocycles. The van der Waals surface area contributed by atoms with E-state index >= 15 is 0 Å². The number of rotatable bonds is 6. The van der Waals surface area contributed by atoms with Gasteiger partial charge in [0.15, 0.2) is 11.5 Å². The number of ether oxygens (including phenoxy) is 2. The van der Waals surface area contributed by atoms with E-state index in [1.807, 2.05) is 46.0 Å². The molecule has 0 radical (unpaired) electrons. The van der Waals surface area contributed by atoms with Crippen molar-refractivity contribution in [3.63, 3.8) is 0 Å². The quantitative estimate of drug-likeness (QED) is 0.812. The fourth-order valence-electron chi connectivity index (χ4n) is 2.73. The van der Waals surface area contributed by atoms with Crippen molar-refractivity contribution in [1.29, 1.82) is 0 Å². The molecule has 0 unspecified atom stereocenters. The van der Waals surface area contributed by atoms with Crippen molar-refractivity contribution in [2.24, 2.45) is 0 Å². The smallest absolute Gasteiger partial charge is 0.257 e. The van der Waals surface area contributed by atoms with Gasteiger partial charge in [-0.15, -0.1) is 0 Å². The number of nitrogens with zero attached hydrogens (tertiary/aromatic N) is 1. The van der Waals surface area contributed by atoms with Crippen LogP contribution in [0.1, 0.15) is 33.0 Å². The number of amides is 1. The van der Waals surface area contributed by atoms with E-state index in [9.17, 15) is 4.79 Å². The molecular formula is C19H25NO4. The summed E-state index contributed by atoms with van der Waals surface area (Å²) in [6, 6.07) is 5.80. The highest BCUT2D eigenvalue weighted by Gasteiger charge is 2.21. The number of likely N-dealkylation sites (N-methyl/N-ethyl adjacent to an activating group) is 1. The van der Waals surface area contributed by atoms with Crippen LogP contribution in [0.4, 0.5) is 0 Å². The highest BCUT2D eigenvalue weighted by atomic mass is 16.5. The molecule has 5 heteroatoms. The van der Waals surface area contributed by atoms with Crippen molar-refractivity contribution in [1.82, 2.24) is 4.90 Å². The molecule has 0 fully saturated rings. The highest BCUT2D eigenvalue weighted by molar-refractivity contribution is 5.96. The van der Waals surface area contributed by atoms with E-state index in [0.717, 1.165) is 23.3 Å². The standard InChI is InChI=1S/C19H25NO4/c1-12-13(2)24-14(3)18(12)19(21)20(4)10-9-15-7-8-16(22-5)17(11-15)23-6/h7-8,11H,9-10H2,1-6H3. The summed E-state index contributed by atoms with van der Waals surface area (Å²) in [7, 11) is 5.04. The Morgan fingerprint density at radius 2 is 1.75 bits per heavy atom. The number of aryl methyl sites for hydroxylation is 2. The Balaban J connectivity index is 2.07. The van der Waals surface area contributed by atoms with Gasteiger partial charge in [0.25, 0.3) is 5.91 Å². The summed E-state index contributed by atoms with van der Waals surface area (Å²) in [5, 5.41) is 0. The van der Waals surface area contributed by atoms with Crippen LogP contribution in [0.3, 0.4) is 0 Å². The Labute approximate surface area is 143 Å². The lowest BCUT2D eigenvalue weighted by Crippen LogP contribution is -2.29. The van der Waals surface area contributed by atoms with Gasteiger partial charge in [0.2, 0.25) is 0 Å². The summed E-state index contributed by atoms with van der Waals surface area (Å²) in [6.45, 7) is 6.23. The number of carbonyl (C=O) groups excluding carboxylic acids is 1. The number of furan rings is 1. The van der Waals surface area contributed by atoms with Gasteiger partial charge >= 0.3 is 0 Å². The first-order valence-corrected chi connectivity index (χ1v) is 7.92. The summed E-state index contributed by atoms with van der Waals surface area (Å²) in [6.07, 6.45) is 0.734. The second kappa shape index (κ2) is 7.43. The molecule has 0 saturated heterocycles. The Kier molecular flexibility index (Phi) is 5.54. The van der Waals surface area contributed by atoms with Crippen LogP contribution < -0.4 is 9.47 Å². The molecule has 0 atom stereocenters. The van der Waals surface area contributed by atoms with E-state index in [1.54, 1.807) is 19.1 Å². The van der Waals surface area contributed by atoms with Crippen molar-refractivity contribution in [2.45, 2.75) is 27.2 Å². The third-order valence-corrected chi connectivity index (χ3v) is 4.31. The number of hydrogen-bond donors (Lipinski definition) is 0. The molecule has 5 nitrogen and oxygen atoms in total. The molecule has 0 bridgehead atoms. The molecule has 1 aromatic carbocycles. The molecule has 1 aromatic heterocycles. The van der Waals surface area contributed by atoms with Crippen LogP contribution >= 0.6 is 0 Å². The first-order chi connectivity index (χ1) is 11.4. The first kappa shape index (κ1) is 17.9. The molecule has 0 saturated carbocycles. The van der Waals surface area contributed by atoms with Crippen LogP contribution in [0.15, 0.2) is 22.6 Å². The summed E-state index contributed by atoms with van der Waals surface area (Å²) >= 11 is 0. The average molecular weight is 331 g/mol. The largest absolute Gasteiger partial charge is 0.493 e. The lowest BCUT2D eigenvalue weighted by Gasteiger charge is -2.18. The minimum atomic E-state index is -0.0117. The van der Waals surface area contributed by atoms with Gasteiger partial charge < -0.3 is 18.8 Å². The van der Waals surface area contributed by atoms with Crippen molar-refractivity contribution in [3.05, 3.63) is 46.4 Å². The number of carbonyl (C=O) groups is 1. The highest BCUT2D eigenvalue weighted by Crippen LogP contribution is 2.28. The van der Waals surface area contributed by atoms with Gasteiger partial charge in [0.1, 0.15) is 11.5 Å². The minimum Gasteiger partial charge on any atom is -0.493 e. The number of methoxy groups -OCH3 is 2. The topological polar surface area (TPSA) is 51.9 Å². The maximum Gasteiger partial charge on any atom is 0.257 e. The van der Waals surface area contributed by atoms with Crippen molar-refractivity contribution in [3.8, 4) is 11.5 Å². The van der Waals surface area contributed by atoms with E-state index in [-0.39, 0.29) is 5.91 Å². The zero-order valence-electron chi connectivity index (χ0n) is 15.2. The second-order valence-electron chi connectivity index (χ2n) is 5.88. The lowest BCUT2D eigenvalue weighted by atomic mass is 10.1. The molecular weight excluding hydrogens is 306 g/mol. The van der Waals surface area contributed by atoms with E-state index < -0.39 is 0 Å². The van der Waals surface area contributed by atoms with Gasteiger partial charge in [-0.05, 0) is 44.9 Å². The normalized spacial score (nSPS) is 10.6. The van der Waals surface area contributed by atoms with Crippen molar-refractivity contribution in [2.75, 3.05) is 27.8 Å². The van der Waals surface area contributed by atoms with Crippen molar-refractivity contribution >= 4 is 5.91 Å². The first-order valence-electron chi connectivity index (χ1n) is 7.92. The van der Waals surface area contributed by atoms with E-state index in [4.69, 9.17) is 13.9 Å². The molecule has 130 valence electrons. The van der Waals surface area contributed by atoms with Crippen molar-refractivity contribution < 1.29 is 18.7 Å². The third kappa shape index (κ3) is 3.55. The van der Waals surface area contributed by atoms with Gasteiger partial charge in [-0.2, -0.15) is 0 Å².